The van der Waals surface area contributed by atoms with Gasteiger partial charge in [0.05, 0.1) is 37.1 Å². The fourth-order valence-electron chi connectivity index (χ4n) is 4.00. The number of aliphatic hydroxyl groups is 1. The molecule has 0 radical (unpaired) electrons. The maximum atomic E-state index is 13.2. The minimum Gasteiger partial charge on any atom is -0.507 e. The number of aryl methyl sites for hydroxylation is 2. The van der Waals surface area contributed by atoms with Gasteiger partial charge in [0.2, 0.25) is 0 Å². The Morgan fingerprint density at radius 1 is 1.15 bits per heavy atom. The van der Waals surface area contributed by atoms with E-state index in [2.05, 4.69) is 9.97 Å². The maximum Gasteiger partial charge on any atom is 0.295 e. The molecule has 0 unspecified atom stereocenters. The highest BCUT2D eigenvalue weighted by atomic mass is 16.5. The third-order valence-corrected chi connectivity index (χ3v) is 5.62. The molecule has 1 saturated heterocycles. The second-order valence-corrected chi connectivity index (χ2v) is 8.18. The summed E-state index contributed by atoms with van der Waals surface area (Å²) >= 11 is 0. The SMILES string of the molecule is COc1ccc([C@@H]2/C(=C(\O)c3cnc(C)nc3C)C(=O)C(=O)N2CCCN(C)C)cc1OC. The topological polar surface area (TPSA) is 105 Å². The first-order valence-corrected chi connectivity index (χ1v) is 10.6. The lowest BCUT2D eigenvalue weighted by Crippen LogP contribution is -2.32. The second kappa shape index (κ2) is 9.99. The molecule has 0 spiro atoms. The largest absolute Gasteiger partial charge is 0.507 e. The van der Waals surface area contributed by atoms with Crippen LogP contribution in [-0.4, -0.2) is 78.0 Å². The van der Waals surface area contributed by atoms with Gasteiger partial charge in [0.15, 0.2) is 11.5 Å². The number of hydrogen-bond acceptors (Lipinski definition) is 8. The van der Waals surface area contributed by atoms with Crippen LogP contribution in [0.1, 0.15) is 35.1 Å². The van der Waals surface area contributed by atoms with Gasteiger partial charge in [-0.3, -0.25) is 9.59 Å². The zero-order chi connectivity index (χ0) is 24.3. The summed E-state index contributed by atoms with van der Waals surface area (Å²) in [5.74, 6) is -0.152. The summed E-state index contributed by atoms with van der Waals surface area (Å²) in [7, 11) is 6.94. The fourth-order valence-corrected chi connectivity index (χ4v) is 4.00. The van der Waals surface area contributed by atoms with Crippen molar-refractivity contribution in [2.24, 2.45) is 0 Å². The quantitative estimate of drug-likeness (QED) is 0.369. The Kier molecular flexibility index (Phi) is 7.33. The minimum atomic E-state index is -0.785. The normalized spacial score (nSPS) is 17.7. The smallest absolute Gasteiger partial charge is 0.295 e. The van der Waals surface area contributed by atoms with Gasteiger partial charge in [-0.1, -0.05) is 6.07 Å². The number of carbonyl (C=O) groups excluding carboxylic acids is 2. The highest BCUT2D eigenvalue weighted by Gasteiger charge is 2.46. The third kappa shape index (κ3) is 4.83. The Balaban J connectivity index is 2.17. The number of aromatic nitrogens is 2. The number of aliphatic hydroxyl groups excluding tert-OH is 1. The number of likely N-dealkylation sites (tertiary alicyclic amines) is 1. The van der Waals surface area contributed by atoms with Gasteiger partial charge in [-0.25, -0.2) is 9.97 Å². The van der Waals surface area contributed by atoms with Crippen molar-refractivity contribution in [2.45, 2.75) is 26.3 Å². The average molecular weight is 455 g/mol. The van der Waals surface area contributed by atoms with Crippen LogP contribution in [0, 0.1) is 13.8 Å². The van der Waals surface area contributed by atoms with Crippen LogP contribution >= 0.6 is 0 Å². The van der Waals surface area contributed by atoms with E-state index >= 15 is 0 Å². The van der Waals surface area contributed by atoms with Gasteiger partial charge in [-0.05, 0) is 58.6 Å². The Bertz CT molecular complexity index is 1100. The standard InChI is InChI=1S/C24H30N4O5/c1-14-17(13-25-15(2)26-14)22(29)20-21(16-8-9-18(32-5)19(12-16)33-6)28(24(31)23(20)30)11-7-10-27(3)4/h8-9,12-13,21,29H,7,10-11H2,1-6H3/b22-20+/t21-/m1/s1. The third-order valence-electron chi connectivity index (χ3n) is 5.62. The Morgan fingerprint density at radius 2 is 1.85 bits per heavy atom. The molecule has 1 aliphatic rings. The highest BCUT2D eigenvalue weighted by Crippen LogP contribution is 2.42. The van der Waals surface area contributed by atoms with E-state index in [0.717, 1.165) is 6.54 Å². The average Bonchev–Trinajstić information content (AvgIpc) is 3.03. The number of methoxy groups -OCH3 is 2. The highest BCUT2D eigenvalue weighted by molar-refractivity contribution is 6.46. The molecule has 3 rings (SSSR count). The van der Waals surface area contributed by atoms with Gasteiger partial charge < -0.3 is 24.4 Å². The lowest BCUT2D eigenvalue weighted by Gasteiger charge is -2.26. The molecule has 1 aromatic carbocycles. The van der Waals surface area contributed by atoms with E-state index in [4.69, 9.17) is 9.47 Å². The molecule has 9 nitrogen and oxygen atoms in total. The summed E-state index contributed by atoms with van der Waals surface area (Å²) in [5, 5.41) is 11.2. The number of amides is 1. The summed E-state index contributed by atoms with van der Waals surface area (Å²) < 4.78 is 10.8. The number of hydrogen-bond donors (Lipinski definition) is 1. The molecule has 33 heavy (non-hydrogen) atoms. The summed E-state index contributed by atoms with van der Waals surface area (Å²) in [6.45, 7) is 4.56. The molecule has 9 heteroatoms. The van der Waals surface area contributed by atoms with Gasteiger partial charge in [0, 0.05) is 12.7 Å². The number of benzene rings is 1. The zero-order valence-corrected chi connectivity index (χ0v) is 19.9. The van der Waals surface area contributed by atoms with Crippen molar-refractivity contribution in [1.82, 2.24) is 19.8 Å². The van der Waals surface area contributed by atoms with Crippen LogP contribution < -0.4 is 9.47 Å². The second-order valence-electron chi connectivity index (χ2n) is 8.18. The van der Waals surface area contributed by atoms with E-state index < -0.39 is 17.7 Å². The van der Waals surface area contributed by atoms with Gasteiger partial charge in [0.25, 0.3) is 11.7 Å². The fraction of sp³-hybridized carbons (Fsp3) is 0.417. The molecular formula is C24H30N4O5. The summed E-state index contributed by atoms with van der Waals surface area (Å²) in [6, 6.07) is 4.42. The summed E-state index contributed by atoms with van der Waals surface area (Å²) in [5.41, 5.74) is 1.47. The lowest BCUT2D eigenvalue weighted by molar-refractivity contribution is -0.139. The molecule has 0 aliphatic carbocycles. The Morgan fingerprint density at radius 3 is 2.45 bits per heavy atom. The monoisotopic (exact) mass is 454 g/mol. The predicted molar refractivity (Wildman–Crippen MR) is 123 cm³/mol. The molecule has 1 fully saturated rings. The van der Waals surface area contributed by atoms with E-state index in [-0.39, 0.29) is 11.3 Å². The van der Waals surface area contributed by atoms with E-state index in [1.165, 1.54) is 25.3 Å². The first-order valence-electron chi connectivity index (χ1n) is 10.6. The van der Waals surface area contributed by atoms with Gasteiger partial charge in [0.1, 0.15) is 11.6 Å². The van der Waals surface area contributed by atoms with Crippen molar-refractivity contribution in [2.75, 3.05) is 41.4 Å². The number of rotatable bonds is 8. The van der Waals surface area contributed by atoms with Crippen molar-refractivity contribution < 1.29 is 24.2 Å². The van der Waals surface area contributed by atoms with E-state index in [1.807, 2.05) is 19.0 Å². The van der Waals surface area contributed by atoms with Crippen LogP contribution in [0.2, 0.25) is 0 Å². The summed E-state index contributed by atoms with van der Waals surface area (Å²) in [6.07, 6.45) is 2.13. The first kappa shape index (κ1) is 24.2. The van der Waals surface area contributed by atoms with Gasteiger partial charge >= 0.3 is 0 Å². The predicted octanol–water partition coefficient (Wildman–Crippen LogP) is 2.48. The lowest BCUT2D eigenvalue weighted by atomic mass is 9.95. The molecule has 176 valence electrons. The van der Waals surface area contributed by atoms with Crippen molar-refractivity contribution in [3.05, 3.63) is 52.6 Å². The van der Waals surface area contributed by atoms with Crippen LogP contribution in [0.15, 0.2) is 30.0 Å². The van der Waals surface area contributed by atoms with Crippen LogP contribution in [-0.2, 0) is 9.59 Å². The Hall–Kier alpha value is -3.46. The molecule has 1 amide bonds. The molecule has 2 aromatic rings. The van der Waals surface area contributed by atoms with Crippen molar-refractivity contribution in [3.63, 3.8) is 0 Å². The first-order chi connectivity index (χ1) is 15.7. The molecule has 0 saturated carbocycles. The molecule has 0 bridgehead atoms. The van der Waals surface area contributed by atoms with Gasteiger partial charge in [-0.2, -0.15) is 0 Å². The van der Waals surface area contributed by atoms with Gasteiger partial charge in [-0.15, -0.1) is 0 Å². The number of ketones is 1. The van der Waals surface area contributed by atoms with Crippen molar-refractivity contribution >= 4 is 17.4 Å². The number of nitrogens with zero attached hydrogens (tertiary/aromatic N) is 4. The molecule has 1 N–H and O–H groups in total. The van der Waals surface area contributed by atoms with E-state index in [9.17, 15) is 14.7 Å². The van der Waals surface area contributed by atoms with Crippen LogP contribution in [0.4, 0.5) is 0 Å². The van der Waals surface area contributed by atoms with Crippen molar-refractivity contribution in [3.8, 4) is 11.5 Å². The molecular weight excluding hydrogens is 424 g/mol. The van der Waals surface area contributed by atoms with Crippen molar-refractivity contribution in [1.29, 1.82) is 0 Å². The zero-order valence-electron chi connectivity index (χ0n) is 19.9. The van der Waals surface area contributed by atoms with Crippen LogP contribution in [0.5, 0.6) is 11.5 Å². The van der Waals surface area contributed by atoms with Crippen LogP contribution in [0.3, 0.4) is 0 Å². The summed E-state index contributed by atoms with van der Waals surface area (Å²) in [4.78, 5) is 38.2. The van der Waals surface area contributed by atoms with E-state index in [0.29, 0.717) is 47.1 Å². The molecule has 2 heterocycles. The number of Topliss-reactive ketones (excluding diaryl/α,β-unsaturated/α-hetero) is 1. The number of ether oxygens (including phenoxy) is 2. The van der Waals surface area contributed by atoms with E-state index in [1.54, 1.807) is 32.0 Å². The van der Waals surface area contributed by atoms with Crippen LogP contribution in [0.25, 0.3) is 5.76 Å². The minimum absolute atomic E-state index is 0.00706. The molecule has 1 aromatic heterocycles. The maximum absolute atomic E-state index is 13.2. The molecule has 1 atom stereocenters. The Labute approximate surface area is 193 Å². The number of carbonyl (C=O) groups is 2. The molecule has 1 aliphatic heterocycles.